The summed E-state index contributed by atoms with van der Waals surface area (Å²) in [5, 5.41) is 0. The van der Waals surface area contributed by atoms with Gasteiger partial charge >= 0.3 is 0 Å². The molecule has 0 amide bonds. The molecular weight excluding hydrogens is 1020 g/mol. The quantitative estimate of drug-likeness (QED) is 0.0839. The Labute approximate surface area is 431 Å². The molecule has 0 aliphatic carbocycles. The van der Waals surface area contributed by atoms with Crippen LogP contribution in [0, 0.1) is 0 Å². The van der Waals surface area contributed by atoms with Gasteiger partial charge in [-0.1, -0.05) is 158 Å². The first-order valence-corrected chi connectivity index (χ1v) is 28.3. The predicted molar refractivity (Wildman–Crippen MR) is 287 cm³/mol. The summed E-state index contributed by atoms with van der Waals surface area (Å²) in [5.74, 6) is 0. The van der Waals surface area contributed by atoms with Gasteiger partial charge in [0.15, 0.2) is 0 Å². The molecule has 9 aromatic rings. The van der Waals surface area contributed by atoms with Crippen molar-refractivity contribution < 1.29 is 50.4 Å². The minimum Gasteiger partial charge on any atom is -0.270 e. The molecule has 0 aliphatic rings. The Balaban J connectivity index is 1.32. The lowest BCUT2D eigenvalue weighted by molar-refractivity contribution is 0.396. The van der Waals surface area contributed by atoms with Crippen LogP contribution in [0.15, 0.2) is 226 Å². The van der Waals surface area contributed by atoms with E-state index < -0.39 is 40.5 Å². The van der Waals surface area contributed by atoms with Gasteiger partial charge in [0.25, 0.3) is 40.5 Å². The Morgan fingerprint density at radius 3 is 0.581 bits per heavy atom. The summed E-state index contributed by atoms with van der Waals surface area (Å²) >= 11 is 0. The Morgan fingerprint density at radius 1 is 0.216 bits per heavy atom. The van der Waals surface area contributed by atoms with E-state index in [1.807, 2.05) is 109 Å². The highest BCUT2D eigenvalue weighted by atomic mass is 32.2. The highest BCUT2D eigenvalue weighted by Gasteiger charge is 2.25. The number of rotatable bonds is 16. The van der Waals surface area contributed by atoms with Gasteiger partial charge in [0.05, 0.1) is 48.0 Å². The van der Waals surface area contributed by atoms with Gasteiger partial charge in [0.2, 0.25) is 0 Å². The van der Waals surface area contributed by atoms with E-state index >= 15 is 0 Å². The first-order chi connectivity index (χ1) is 35.5. The lowest BCUT2D eigenvalue weighted by Crippen LogP contribution is -2.03. The molecule has 0 unspecified atom stereocenters. The number of hydrogen-bond donors (Lipinski definition) is 0. The Hall–Kier alpha value is -7.38. The Bertz CT molecular complexity index is 3720. The van der Waals surface area contributed by atoms with Gasteiger partial charge in [-0.25, -0.2) is 0 Å². The molecule has 0 aromatic heterocycles. The zero-order valence-electron chi connectivity index (χ0n) is 40.2. The Kier molecular flexibility index (Phi) is 14.5. The molecule has 16 heteroatoms. The molecule has 374 valence electrons. The average Bonchev–Trinajstić information content (AvgIpc) is 3.45. The Morgan fingerprint density at radius 2 is 0.392 bits per heavy atom. The second-order valence-electron chi connectivity index (χ2n) is 16.7. The third-order valence-electron chi connectivity index (χ3n) is 12.7. The van der Waals surface area contributed by atoms with Crippen LogP contribution in [-0.2, 0) is 57.2 Å². The van der Waals surface area contributed by atoms with E-state index in [0.717, 1.165) is 106 Å². The van der Waals surface area contributed by atoms with Crippen LogP contribution in [0.4, 0.5) is 0 Å². The van der Waals surface area contributed by atoms with Crippen molar-refractivity contribution in [2.24, 2.45) is 0 Å². The molecule has 9 rings (SSSR count). The van der Waals surface area contributed by atoms with Crippen molar-refractivity contribution in [2.75, 3.05) is 28.4 Å². The van der Waals surface area contributed by atoms with Gasteiger partial charge in [-0.15, -0.1) is 0 Å². The first-order valence-electron chi connectivity index (χ1n) is 22.7. The van der Waals surface area contributed by atoms with E-state index in [2.05, 4.69) is 0 Å². The van der Waals surface area contributed by atoms with Gasteiger partial charge in [0, 0.05) is 0 Å². The molecule has 0 fully saturated rings. The van der Waals surface area contributed by atoms with Crippen LogP contribution in [0.3, 0.4) is 0 Å². The molecule has 0 atom stereocenters. The third-order valence-corrected chi connectivity index (χ3v) is 17.8. The van der Waals surface area contributed by atoms with Gasteiger partial charge in [-0.3, -0.25) is 16.7 Å². The van der Waals surface area contributed by atoms with E-state index in [1.165, 1.54) is 48.5 Å². The highest BCUT2D eigenvalue weighted by Crippen LogP contribution is 2.49. The molecule has 0 bridgehead atoms. The van der Waals surface area contributed by atoms with Gasteiger partial charge < -0.3 is 0 Å². The normalized spacial score (nSPS) is 12.2. The standard InChI is InChI=1S/C58H46O12S4/c1-67-71(59,60)47-27-19-39(20-28-47)51-35-37-53(41-23-31-49(32-24-41)73(63,64)69-3)57(55(51)43-11-7-5-8-12-43)45-15-17-46(18-16-45)58-54(42-25-33-50(34-26-42)74(65,66)70-4)38-36-52(56(58)44-13-9-6-10-14-44)40-21-29-48(30-22-40)72(61,62)68-2/h5-38H,1-4H3. The predicted octanol–water partition coefficient (Wildman–Crippen LogP) is 12.4. The van der Waals surface area contributed by atoms with E-state index in [1.54, 1.807) is 48.5 Å². The minimum atomic E-state index is -4.00. The minimum absolute atomic E-state index is 0.00568. The monoisotopic (exact) mass is 1060 g/mol. The van der Waals surface area contributed by atoms with Crippen molar-refractivity contribution in [3.05, 3.63) is 206 Å². The fraction of sp³-hybridized carbons (Fsp3) is 0.0690. The summed E-state index contributed by atoms with van der Waals surface area (Å²) in [6.45, 7) is 0. The van der Waals surface area contributed by atoms with E-state index in [4.69, 9.17) is 16.7 Å². The first kappa shape index (κ1) is 51.5. The topological polar surface area (TPSA) is 173 Å². The molecule has 9 aromatic carbocycles. The zero-order chi connectivity index (χ0) is 52.4. The third kappa shape index (κ3) is 10.1. The van der Waals surface area contributed by atoms with Crippen LogP contribution in [0.25, 0.3) is 89.0 Å². The van der Waals surface area contributed by atoms with Crippen LogP contribution >= 0.6 is 0 Å². The molecule has 0 spiro atoms. The maximum absolute atomic E-state index is 12.8. The summed E-state index contributed by atoms with van der Waals surface area (Å²) in [6, 6.07) is 61.1. The molecular formula is C58H46O12S4. The van der Waals surface area contributed by atoms with Gasteiger partial charge in [-0.05, 0) is 138 Å². The van der Waals surface area contributed by atoms with Gasteiger partial charge in [0.1, 0.15) is 0 Å². The highest BCUT2D eigenvalue weighted by molar-refractivity contribution is 7.87. The molecule has 12 nitrogen and oxygen atoms in total. The number of hydrogen-bond acceptors (Lipinski definition) is 12. The van der Waals surface area contributed by atoms with Crippen LogP contribution in [0.2, 0.25) is 0 Å². The second-order valence-corrected chi connectivity index (χ2v) is 23.6. The molecule has 0 saturated heterocycles. The second kappa shape index (κ2) is 20.9. The molecule has 0 radical (unpaired) electrons. The van der Waals surface area contributed by atoms with E-state index in [-0.39, 0.29) is 19.6 Å². The largest absolute Gasteiger partial charge is 0.296 e. The molecule has 0 aliphatic heterocycles. The molecule has 0 saturated carbocycles. The lowest BCUT2D eigenvalue weighted by atomic mass is 9.81. The van der Waals surface area contributed by atoms with Crippen LogP contribution in [0.5, 0.6) is 0 Å². The van der Waals surface area contributed by atoms with Crippen molar-refractivity contribution in [1.29, 1.82) is 0 Å². The summed E-state index contributed by atoms with van der Waals surface area (Å²) in [6.07, 6.45) is 0. The molecule has 74 heavy (non-hydrogen) atoms. The fourth-order valence-corrected chi connectivity index (χ4v) is 11.6. The lowest BCUT2D eigenvalue weighted by Gasteiger charge is -2.23. The smallest absolute Gasteiger partial charge is 0.270 e. The maximum atomic E-state index is 12.8. The van der Waals surface area contributed by atoms with E-state index in [0.29, 0.717) is 11.1 Å². The average molecular weight is 1060 g/mol. The van der Waals surface area contributed by atoms with Crippen molar-refractivity contribution in [3.8, 4) is 89.0 Å². The maximum Gasteiger partial charge on any atom is 0.296 e. The SMILES string of the molecule is COS(=O)(=O)c1ccc(-c2ccc(-c3ccc(S(=O)(=O)OC)cc3)c(-c3ccc(-c4c(-c5ccc(S(=O)(=O)OC)cc5)ccc(-c5ccc(S(=O)(=O)OC)cc5)c4-c4ccccc4)cc3)c2-c2ccccc2)cc1. The van der Waals surface area contributed by atoms with Crippen molar-refractivity contribution in [3.63, 3.8) is 0 Å². The summed E-state index contributed by atoms with van der Waals surface area (Å²) in [7, 11) is -11.5. The van der Waals surface area contributed by atoms with Crippen molar-refractivity contribution >= 4 is 40.5 Å². The van der Waals surface area contributed by atoms with Crippen LogP contribution < -0.4 is 0 Å². The van der Waals surface area contributed by atoms with Crippen LogP contribution in [0.1, 0.15) is 0 Å². The molecule has 0 heterocycles. The van der Waals surface area contributed by atoms with Crippen molar-refractivity contribution in [1.82, 2.24) is 0 Å². The van der Waals surface area contributed by atoms with Crippen molar-refractivity contribution in [2.45, 2.75) is 19.6 Å². The summed E-state index contributed by atoms with van der Waals surface area (Å²) in [5.41, 5.74) is 12.4. The number of benzene rings is 9. The van der Waals surface area contributed by atoms with Gasteiger partial charge in [-0.2, -0.15) is 33.7 Å². The summed E-state index contributed by atoms with van der Waals surface area (Å²) < 4.78 is 121. The van der Waals surface area contributed by atoms with E-state index in [9.17, 15) is 33.7 Å². The zero-order valence-corrected chi connectivity index (χ0v) is 43.4. The van der Waals surface area contributed by atoms with Crippen LogP contribution in [-0.4, -0.2) is 62.1 Å². The summed E-state index contributed by atoms with van der Waals surface area (Å²) in [4.78, 5) is -0.0413. The fourth-order valence-electron chi connectivity index (χ4n) is 8.97. The molecule has 0 N–H and O–H groups in total.